The molecule has 3 N–H and O–H groups in total. The van der Waals surface area contributed by atoms with E-state index in [-0.39, 0.29) is 21.1 Å². The highest BCUT2D eigenvalue weighted by Crippen LogP contribution is 2.36. The molecule has 19 heavy (non-hydrogen) atoms. The summed E-state index contributed by atoms with van der Waals surface area (Å²) in [6.07, 6.45) is -3.82. The van der Waals surface area contributed by atoms with E-state index in [4.69, 9.17) is 11.0 Å². The number of carbonyl (C=O) groups is 1. The number of carbonyl (C=O) groups excluding carboxylic acids is 1. The summed E-state index contributed by atoms with van der Waals surface area (Å²) < 4.78 is 49.4. The zero-order valence-corrected chi connectivity index (χ0v) is 10.5. The van der Waals surface area contributed by atoms with Crippen molar-refractivity contribution in [2.75, 3.05) is 17.6 Å². The van der Waals surface area contributed by atoms with Crippen LogP contribution in [0.5, 0.6) is 0 Å². The number of halogens is 4. The van der Waals surface area contributed by atoms with Gasteiger partial charge in [0.15, 0.2) is 5.78 Å². The van der Waals surface area contributed by atoms with Gasteiger partial charge < -0.3 is 11.1 Å². The lowest BCUT2D eigenvalue weighted by Crippen LogP contribution is -2.34. The number of hydrogen-bond donors (Lipinski definition) is 2. The van der Waals surface area contributed by atoms with Gasteiger partial charge >= 0.3 is 12.3 Å². The number of nitrogens with one attached hydrogen (secondary N) is 1. The molecule has 4 nitrogen and oxygen atoms in total. The number of nitrogen functional groups attached to an aromatic ring is 1. The molecule has 0 atom stereocenters. The van der Waals surface area contributed by atoms with Crippen LogP contribution in [0.4, 0.5) is 28.3 Å². The topological polar surface area (TPSA) is 78.9 Å². The Hall–Kier alpha value is -1.82. The Morgan fingerprint density at radius 3 is 2.58 bits per heavy atom. The van der Waals surface area contributed by atoms with E-state index in [1.165, 1.54) is 6.92 Å². The van der Waals surface area contributed by atoms with E-state index in [1.54, 1.807) is 6.07 Å². The number of rotatable bonds is 5. The van der Waals surface area contributed by atoms with Crippen LogP contribution in [0.3, 0.4) is 0 Å². The minimum absolute atomic E-state index is 0.0272. The summed E-state index contributed by atoms with van der Waals surface area (Å²) in [6.45, 7) is -0.155. The zero-order valence-electron chi connectivity index (χ0n) is 9.64. The van der Waals surface area contributed by atoms with Crippen LogP contribution in [0.2, 0.25) is 0 Å². The predicted molar refractivity (Wildman–Crippen MR) is 62.9 cm³/mol. The van der Waals surface area contributed by atoms with Gasteiger partial charge in [-0.2, -0.15) is 14.0 Å². The molecule has 0 bridgehead atoms. The maximum Gasteiger partial charge on any atom is 0.324 e. The molecule has 9 heteroatoms. The molecule has 0 radical (unpaired) electrons. The summed E-state index contributed by atoms with van der Waals surface area (Å²) in [5.41, 5.74) is 5.18. The number of thiophene rings is 1. The first kappa shape index (κ1) is 15.2. The van der Waals surface area contributed by atoms with Crippen LogP contribution in [0.15, 0.2) is 0 Å². The molecule has 0 unspecified atom stereocenters. The summed E-state index contributed by atoms with van der Waals surface area (Å²) in [5.74, 6) is -4.67. The van der Waals surface area contributed by atoms with Crippen LogP contribution in [-0.2, 0) is 0 Å². The summed E-state index contributed by atoms with van der Waals surface area (Å²) in [4.78, 5) is 11.2. The third kappa shape index (κ3) is 3.14. The Labute approximate surface area is 109 Å². The maximum absolute atomic E-state index is 12.7. The number of nitrogens with two attached hydrogens (primary N) is 1. The molecule has 1 aromatic rings. The van der Waals surface area contributed by atoms with Gasteiger partial charge in [0.2, 0.25) is 0 Å². The van der Waals surface area contributed by atoms with E-state index in [0.29, 0.717) is 11.3 Å². The van der Waals surface area contributed by atoms with E-state index in [9.17, 15) is 22.4 Å². The SMILES string of the molecule is CC(=O)c1sc(NCC(F)(F)C(F)F)c(C#N)c1N. The van der Waals surface area contributed by atoms with Gasteiger partial charge in [0.05, 0.1) is 17.1 Å². The largest absolute Gasteiger partial charge is 0.396 e. The van der Waals surface area contributed by atoms with Crippen molar-refractivity contribution < 1.29 is 22.4 Å². The Morgan fingerprint density at radius 1 is 1.58 bits per heavy atom. The number of ketones is 1. The number of nitriles is 1. The van der Waals surface area contributed by atoms with Gasteiger partial charge in [-0.15, -0.1) is 11.3 Å². The molecule has 0 saturated carbocycles. The van der Waals surface area contributed by atoms with Crippen LogP contribution in [0.1, 0.15) is 22.2 Å². The number of nitrogens with zero attached hydrogens (tertiary/aromatic N) is 1. The minimum Gasteiger partial charge on any atom is -0.396 e. The molecule has 1 heterocycles. The molecule has 1 rings (SSSR count). The monoisotopic (exact) mass is 295 g/mol. The van der Waals surface area contributed by atoms with E-state index in [2.05, 4.69) is 0 Å². The lowest BCUT2D eigenvalue weighted by molar-refractivity contribution is -0.117. The third-order valence-electron chi connectivity index (χ3n) is 2.18. The fraction of sp³-hybridized carbons (Fsp3) is 0.400. The highest BCUT2D eigenvalue weighted by molar-refractivity contribution is 7.18. The van der Waals surface area contributed by atoms with Crippen LogP contribution >= 0.6 is 11.3 Å². The summed E-state index contributed by atoms with van der Waals surface area (Å²) in [5, 5.41) is 10.7. The molecule has 0 fully saturated rings. The van der Waals surface area contributed by atoms with Crippen LogP contribution < -0.4 is 11.1 Å². The van der Waals surface area contributed by atoms with Crippen molar-refractivity contribution >= 4 is 27.8 Å². The standard InChI is InChI=1S/C10H9F4N3OS/c1-4(18)7-6(16)5(2-15)8(19-7)17-3-10(13,14)9(11)12/h9,17H,3,16H2,1H3. The Morgan fingerprint density at radius 2 is 2.16 bits per heavy atom. The van der Waals surface area contributed by atoms with Gasteiger partial charge in [-0.25, -0.2) is 8.78 Å². The summed E-state index contributed by atoms with van der Waals surface area (Å²) >= 11 is 0.685. The van der Waals surface area contributed by atoms with Gasteiger partial charge in [-0.3, -0.25) is 4.79 Å². The van der Waals surface area contributed by atoms with Crippen LogP contribution in [-0.4, -0.2) is 24.7 Å². The molecule has 0 aliphatic rings. The normalized spacial score (nSPS) is 11.4. The third-order valence-corrected chi connectivity index (χ3v) is 3.44. The average molecular weight is 295 g/mol. The number of Topliss-reactive ketones (excluding diaryl/α,β-unsaturated/α-hetero) is 1. The van der Waals surface area contributed by atoms with Crippen molar-refractivity contribution in [3.8, 4) is 6.07 Å². The van der Waals surface area contributed by atoms with E-state index < -0.39 is 24.7 Å². The van der Waals surface area contributed by atoms with Gasteiger partial charge in [-0.1, -0.05) is 0 Å². The minimum atomic E-state index is -4.23. The second-order valence-corrected chi connectivity index (χ2v) is 4.65. The molecule has 0 spiro atoms. The van der Waals surface area contributed by atoms with Gasteiger partial charge in [-0.05, 0) is 0 Å². The summed E-state index contributed by atoms with van der Waals surface area (Å²) in [7, 11) is 0. The molecule has 0 aliphatic carbocycles. The number of anilines is 2. The Balaban J connectivity index is 3.00. The Bertz CT molecular complexity index is 536. The summed E-state index contributed by atoms with van der Waals surface area (Å²) in [6, 6.07) is 1.64. The van der Waals surface area contributed by atoms with Crippen molar-refractivity contribution in [2.45, 2.75) is 19.3 Å². The molecular formula is C10H9F4N3OS. The first-order valence-corrected chi connectivity index (χ1v) is 5.75. The van der Waals surface area contributed by atoms with Gasteiger partial charge in [0.1, 0.15) is 16.6 Å². The van der Waals surface area contributed by atoms with Crippen LogP contribution in [0, 0.1) is 11.3 Å². The van der Waals surface area contributed by atoms with Crippen molar-refractivity contribution in [1.29, 1.82) is 5.26 Å². The quantitative estimate of drug-likeness (QED) is 0.646. The second kappa shape index (κ2) is 5.44. The highest BCUT2D eigenvalue weighted by atomic mass is 32.1. The van der Waals surface area contributed by atoms with Crippen molar-refractivity contribution in [2.24, 2.45) is 0 Å². The molecule has 0 aliphatic heterocycles. The van der Waals surface area contributed by atoms with E-state index >= 15 is 0 Å². The van der Waals surface area contributed by atoms with Gasteiger partial charge in [0, 0.05) is 6.92 Å². The fourth-order valence-electron chi connectivity index (χ4n) is 1.22. The zero-order chi connectivity index (χ0) is 14.8. The van der Waals surface area contributed by atoms with Gasteiger partial charge in [0.25, 0.3) is 0 Å². The van der Waals surface area contributed by atoms with Crippen molar-refractivity contribution in [3.63, 3.8) is 0 Å². The first-order valence-electron chi connectivity index (χ1n) is 4.93. The van der Waals surface area contributed by atoms with E-state index in [0.717, 1.165) is 0 Å². The Kier molecular flexibility index (Phi) is 4.36. The molecule has 104 valence electrons. The van der Waals surface area contributed by atoms with Crippen molar-refractivity contribution in [3.05, 3.63) is 10.4 Å². The maximum atomic E-state index is 12.7. The highest BCUT2D eigenvalue weighted by Gasteiger charge is 2.40. The predicted octanol–water partition coefficient (Wildman–Crippen LogP) is 2.72. The lowest BCUT2D eigenvalue weighted by atomic mass is 10.2. The first-order chi connectivity index (χ1) is 8.70. The molecule has 1 aromatic heterocycles. The number of alkyl halides is 4. The van der Waals surface area contributed by atoms with Crippen molar-refractivity contribution in [1.82, 2.24) is 0 Å². The second-order valence-electron chi connectivity index (χ2n) is 3.63. The smallest absolute Gasteiger partial charge is 0.324 e. The molecule has 0 amide bonds. The lowest BCUT2D eigenvalue weighted by Gasteiger charge is -2.15. The molecular weight excluding hydrogens is 286 g/mol. The molecule has 0 aromatic carbocycles. The average Bonchev–Trinajstić information content (AvgIpc) is 2.63. The number of hydrogen-bond acceptors (Lipinski definition) is 5. The van der Waals surface area contributed by atoms with Crippen LogP contribution in [0.25, 0.3) is 0 Å². The molecule has 0 saturated heterocycles. The fourth-order valence-corrected chi connectivity index (χ4v) is 2.18. The van der Waals surface area contributed by atoms with E-state index in [1.807, 2.05) is 5.32 Å².